The highest BCUT2D eigenvalue weighted by Gasteiger charge is 2.24. The molecule has 0 saturated heterocycles. The molecule has 1 aliphatic carbocycles. The number of nitrogens with zero attached hydrogens (tertiary/aromatic N) is 4. The highest BCUT2D eigenvalue weighted by Crippen LogP contribution is 2.37. The number of rotatable bonds is 4. The Kier molecular flexibility index (Phi) is 4.42. The second-order valence-corrected chi connectivity index (χ2v) is 6.58. The Morgan fingerprint density at radius 2 is 2.10 bits per heavy atom. The summed E-state index contributed by atoms with van der Waals surface area (Å²) in [5.74, 6) is 2.30. The van der Waals surface area contributed by atoms with Gasteiger partial charge in [-0.2, -0.15) is 0 Å². The largest absolute Gasteiger partial charge is 0.369 e. The first-order chi connectivity index (χ1) is 10.2. The Balaban J connectivity index is 2.10. The molecule has 0 aliphatic heterocycles. The van der Waals surface area contributed by atoms with Gasteiger partial charge in [-0.15, -0.1) is 0 Å². The Morgan fingerprint density at radius 3 is 2.71 bits per heavy atom. The molecular formula is C15H20IN5. The first-order valence-corrected chi connectivity index (χ1v) is 8.56. The van der Waals surface area contributed by atoms with Gasteiger partial charge < -0.3 is 9.88 Å². The van der Waals surface area contributed by atoms with Crippen LogP contribution >= 0.6 is 22.6 Å². The minimum absolute atomic E-state index is 0.573. The molecule has 2 heterocycles. The summed E-state index contributed by atoms with van der Waals surface area (Å²) < 4.78 is 3.14. The standard InChI is InChI=1S/C15H20IN5/c1-3-18-15-12(16)13(10-6-4-5-7-10)19-14(20-15)11-8-17-9-21(11)2/h8-10H,3-7H2,1-2H3,(H,18,19,20). The summed E-state index contributed by atoms with van der Waals surface area (Å²) in [4.78, 5) is 13.8. The van der Waals surface area contributed by atoms with Gasteiger partial charge >= 0.3 is 0 Å². The van der Waals surface area contributed by atoms with Crippen LogP contribution in [0.15, 0.2) is 12.5 Å². The van der Waals surface area contributed by atoms with E-state index in [-0.39, 0.29) is 0 Å². The van der Waals surface area contributed by atoms with E-state index >= 15 is 0 Å². The lowest BCUT2D eigenvalue weighted by molar-refractivity contribution is 0.689. The van der Waals surface area contributed by atoms with E-state index in [1.54, 1.807) is 6.33 Å². The fourth-order valence-corrected chi connectivity index (χ4v) is 3.78. The molecule has 1 fully saturated rings. The zero-order valence-corrected chi connectivity index (χ0v) is 14.6. The third-order valence-corrected chi connectivity index (χ3v) is 5.07. The maximum Gasteiger partial charge on any atom is 0.180 e. The molecule has 21 heavy (non-hydrogen) atoms. The highest BCUT2D eigenvalue weighted by atomic mass is 127. The van der Waals surface area contributed by atoms with E-state index in [0.29, 0.717) is 5.92 Å². The van der Waals surface area contributed by atoms with Crippen LogP contribution in [0.4, 0.5) is 5.82 Å². The van der Waals surface area contributed by atoms with Gasteiger partial charge in [0.15, 0.2) is 5.82 Å². The topological polar surface area (TPSA) is 55.6 Å². The Morgan fingerprint density at radius 1 is 1.33 bits per heavy atom. The normalized spacial score (nSPS) is 15.6. The lowest BCUT2D eigenvalue weighted by Gasteiger charge is -2.16. The summed E-state index contributed by atoms with van der Waals surface area (Å²) in [6.07, 6.45) is 8.71. The fraction of sp³-hybridized carbons (Fsp3) is 0.533. The van der Waals surface area contributed by atoms with E-state index in [1.807, 2.05) is 17.8 Å². The molecule has 2 aromatic rings. The first kappa shape index (κ1) is 14.7. The molecule has 0 bridgehead atoms. The summed E-state index contributed by atoms with van der Waals surface area (Å²) in [7, 11) is 1.98. The van der Waals surface area contributed by atoms with Gasteiger partial charge in [-0.3, -0.25) is 0 Å². The third-order valence-electron chi connectivity index (χ3n) is 4.01. The number of nitrogens with one attached hydrogen (secondary N) is 1. The monoisotopic (exact) mass is 397 g/mol. The lowest BCUT2D eigenvalue weighted by Crippen LogP contribution is -2.10. The molecule has 0 unspecified atom stereocenters. The quantitative estimate of drug-likeness (QED) is 0.802. The molecule has 1 aliphatic rings. The summed E-state index contributed by atoms with van der Waals surface area (Å²) in [6.45, 7) is 2.96. The average molecular weight is 397 g/mol. The Labute approximate surface area is 138 Å². The molecule has 2 aromatic heterocycles. The van der Waals surface area contributed by atoms with Crippen LogP contribution in [0.1, 0.15) is 44.2 Å². The van der Waals surface area contributed by atoms with Crippen LogP contribution < -0.4 is 5.32 Å². The van der Waals surface area contributed by atoms with Gasteiger partial charge in [-0.05, 0) is 42.4 Å². The molecule has 112 valence electrons. The van der Waals surface area contributed by atoms with Crippen molar-refractivity contribution in [3.8, 4) is 11.5 Å². The van der Waals surface area contributed by atoms with Gasteiger partial charge in [-0.25, -0.2) is 15.0 Å². The van der Waals surface area contributed by atoms with Crippen molar-refractivity contribution in [2.45, 2.75) is 38.5 Å². The van der Waals surface area contributed by atoms with Crippen molar-refractivity contribution < 1.29 is 0 Å². The maximum absolute atomic E-state index is 4.88. The minimum atomic E-state index is 0.573. The molecule has 0 amide bonds. The number of halogens is 1. The SMILES string of the molecule is CCNc1nc(-c2cncn2C)nc(C2CCCC2)c1I. The van der Waals surface area contributed by atoms with E-state index in [9.17, 15) is 0 Å². The van der Waals surface area contributed by atoms with E-state index in [4.69, 9.17) is 9.97 Å². The van der Waals surface area contributed by atoms with E-state index in [1.165, 1.54) is 34.9 Å². The highest BCUT2D eigenvalue weighted by molar-refractivity contribution is 14.1. The molecule has 1 saturated carbocycles. The van der Waals surface area contributed by atoms with Crippen LogP contribution in [0.25, 0.3) is 11.5 Å². The average Bonchev–Trinajstić information content (AvgIpc) is 3.13. The Hall–Kier alpha value is -1.18. The van der Waals surface area contributed by atoms with Crippen molar-refractivity contribution in [3.05, 3.63) is 21.8 Å². The van der Waals surface area contributed by atoms with Crippen molar-refractivity contribution in [2.75, 3.05) is 11.9 Å². The molecule has 5 nitrogen and oxygen atoms in total. The molecule has 0 atom stereocenters. The van der Waals surface area contributed by atoms with Gasteiger partial charge in [0.2, 0.25) is 0 Å². The van der Waals surface area contributed by atoms with Crippen LogP contribution in [0, 0.1) is 3.57 Å². The number of anilines is 1. The van der Waals surface area contributed by atoms with Crippen LogP contribution in [-0.4, -0.2) is 26.1 Å². The molecule has 0 spiro atoms. The fourth-order valence-electron chi connectivity index (χ4n) is 2.91. The molecule has 0 radical (unpaired) electrons. The van der Waals surface area contributed by atoms with Crippen molar-refractivity contribution >= 4 is 28.4 Å². The molecule has 3 rings (SSSR count). The predicted octanol–water partition coefficient (Wildman–Crippen LogP) is 3.57. The number of aryl methyl sites for hydroxylation is 1. The molecule has 1 N–H and O–H groups in total. The summed E-state index contributed by atoms with van der Waals surface area (Å²) in [5, 5.41) is 3.37. The van der Waals surface area contributed by atoms with Crippen molar-refractivity contribution in [1.29, 1.82) is 0 Å². The second-order valence-electron chi connectivity index (χ2n) is 5.50. The van der Waals surface area contributed by atoms with E-state index < -0.39 is 0 Å². The van der Waals surface area contributed by atoms with E-state index in [2.05, 4.69) is 39.8 Å². The lowest BCUT2D eigenvalue weighted by atomic mass is 10.0. The number of imidazole rings is 1. The number of aromatic nitrogens is 4. The first-order valence-electron chi connectivity index (χ1n) is 7.48. The van der Waals surface area contributed by atoms with Gasteiger partial charge in [0, 0.05) is 19.5 Å². The number of hydrogen-bond donors (Lipinski definition) is 1. The zero-order valence-electron chi connectivity index (χ0n) is 12.4. The third kappa shape index (κ3) is 2.90. The van der Waals surface area contributed by atoms with Crippen molar-refractivity contribution in [3.63, 3.8) is 0 Å². The number of hydrogen-bond acceptors (Lipinski definition) is 4. The smallest absolute Gasteiger partial charge is 0.180 e. The van der Waals surface area contributed by atoms with Gasteiger partial charge in [-0.1, -0.05) is 12.8 Å². The van der Waals surface area contributed by atoms with Gasteiger partial charge in [0.25, 0.3) is 0 Å². The Bertz CT molecular complexity index is 631. The van der Waals surface area contributed by atoms with Gasteiger partial charge in [0.1, 0.15) is 11.5 Å². The van der Waals surface area contributed by atoms with Crippen molar-refractivity contribution in [2.24, 2.45) is 7.05 Å². The molecule has 6 heteroatoms. The predicted molar refractivity (Wildman–Crippen MR) is 92.3 cm³/mol. The van der Waals surface area contributed by atoms with Crippen LogP contribution in [0.3, 0.4) is 0 Å². The maximum atomic E-state index is 4.88. The summed E-state index contributed by atoms with van der Waals surface area (Å²) in [5.41, 5.74) is 2.17. The summed E-state index contributed by atoms with van der Waals surface area (Å²) in [6, 6.07) is 0. The van der Waals surface area contributed by atoms with Crippen molar-refractivity contribution in [1.82, 2.24) is 19.5 Å². The zero-order chi connectivity index (χ0) is 14.8. The second kappa shape index (κ2) is 6.29. The molecular weight excluding hydrogens is 377 g/mol. The minimum Gasteiger partial charge on any atom is -0.369 e. The van der Waals surface area contributed by atoms with Crippen LogP contribution in [0.2, 0.25) is 0 Å². The van der Waals surface area contributed by atoms with Crippen LogP contribution in [-0.2, 0) is 7.05 Å². The van der Waals surface area contributed by atoms with Gasteiger partial charge in [0.05, 0.1) is 21.8 Å². The van der Waals surface area contributed by atoms with Crippen LogP contribution in [0.5, 0.6) is 0 Å². The molecule has 0 aromatic carbocycles. The summed E-state index contributed by atoms with van der Waals surface area (Å²) >= 11 is 2.39. The van der Waals surface area contributed by atoms with E-state index in [0.717, 1.165) is 23.9 Å².